The van der Waals surface area contributed by atoms with E-state index in [1.54, 1.807) is 30.3 Å². The van der Waals surface area contributed by atoms with Crippen molar-refractivity contribution < 1.29 is 9.13 Å². The lowest BCUT2D eigenvalue weighted by molar-refractivity contribution is 0.287. The van der Waals surface area contributed by atoms with Crippen LogP contribution in [-0.4, -0.2) is 0 Å². The summed E-state index contributed by atoms with van der Waals surface area (Å²) >= 11 is 3.30. The first-order valence-corrected chi connectivity index (χ1v) is 6.82. The highest BCUT2D eigenvalue weighted by molar-refractivity contribution is 9.08. The molecule has 0 fully saturated rings. The fourth-order valence-electron chi connectivity index (χ4n) is 1.73. The molecule has 0 amide bonds. The van der Waals surface area contributed by atoms with Gasteiger partial charge in [0.2, 0.25) is 0 Å². The van der Waals surface area contributed by atoms with Crippen molar-refractivity contribution in [3.8, 4) is 11.8 Å². The van der Waals surface area contributed by atoms with Crippen LogP contribution in [0.4, 0.5) is 4.39 Å². The van der Waals surface area contributed by atoms with Gasteiger partial charge in [0.25, 0.3) is 0 Å². The van der Waals surface area contributed by atoms with Gasteiger partial charge in [-0.25, -0.2) is 4.39 Å². The number of nitrogens with zero attached hydrogens (tertiary/aromatic N) is 1. The lowest BCUT2D eigenvalue weighted by Gasteiger charge is -2.11. The van der Waals surface area contributed by atoms with Gasteiger partial charge >= 0.3 is 0 Å². The van der Waals surface area contributed by atoms with E-state index in [1.165, 1.54) is 6.07 Å². The van der Waals surface area contributed by atoms with E-state index in [0.29, 0.717) is 10.9 Å². The first-order chi connectivity index (χ1) is 9.26. The second kappa shape index (κ2) is 6.35. The third kappa shape index (κ3) is 3.12. The Morgan fingerprint density at radius 1 is 1.11 bits per heavy atom. The second-order valence-electron chi connectivity index (χ2n) is 3.92. The van der Waals surface area contributed by atoms with E-state index in [0.717, 1.165) is 11.1 Å². The Labute approximate surface area is 119 Å². The number of para-hydroxylation sites is 1. The van der Waals surface area contributed by atoms with Crippen LogP contribution in [0, 0.1) is 17.1 Å². The Bertz CT molecular complexity index is 622. The molecule has 19 heavy (non-hydrogen) atoms. The highest BCUT2D eigenvalue weighted by Gasteiger charge is 2.10. The molecular formula is C15H11BrFNO. The quantitative estimate of drug-likeness (QED) is 0.792. The first-order valence-electron chi connectivity index (χ1n) is 5.70. The summed E-state index contributed by atoms with van der Waals surface area (Å²) in [6.45, 7) is 0.171. The number of rotatable bonds is 4. The van der Waals surface area contributed by atoms with Crippen molar-refractivity contribution in [3.05, 3.63) is 65.0 Å². The minimum Gasteiger partial charge on any atom is -0.485 e. The number of ether oxygens (including phenoxy) is 1. The molecule has 0 aromatic heterocycles. The maximum atomic E-state index is 13.7. The zero-order chi connectivity index (χ0) is 13.7. The van der Waals surface area contributed by atoms with E-state index in [4.69, 9.17) is 10.00 Å². The van der Waals surface area contributed by atoms with Crippen LogP contribution in [-0.2, 0) is 11.9 Å². The first kappa shape index (κ1) is 13.6. The average molecular weight is 320 g/mol. The van der Waals surface area contributed by atoms with Crippen molar-refractivity contribution in [1.82, 2.24) is 0 Å². The molecule has 0 saturated carbocycles. The summed E-state index contributed by atoms with van der Waals surface area (Å²) in [4.78, 5) is 0. The van der Waals surface area contributed by atoms with E-state index in [-0.39, 0.29) is 12.4 Å². The van der Waals surface area contributed by atoms with E-state index >= 15 is 0 Å². The van der Waals surface area contributed by atoms with Gasteiger partial charge in [0.1, 0.15) is 6.61 Å². The third-order valence-corrected chi connectivity index (χ3v) is 3.31. The lowest BCUT2D eigenvalue weighted by Crippen LogP contribution is -2.01. The second-order valence-corrected chi connectivity index (χ2v) is 4.48. The van der Waals surface area contributed by atoms with Crippen LogP contribution in [0.25, 0.3) is 0 Å². The summed E-state index contributed by atoms with van der Waals surface area (Å²) in [7, 11) is 0. The van der Waals surface area contributed by atoms with Crippen molar-refractivity contribution in [2.45, 2.75) is 11.9 Å². The van der Waals surface area contributed by atoms with Gasteiger partial charge in [0, 0.05) is 16.5 Å². The average Bonchev–Trinajstić information content (AvgIpc) is 2.46. The molecule has 0 spiro atoms. The van der Waals surface area contributed by atoms with E-state index in [9.17, 15) is 4.39 Å². The number of hydrogen-bond acceptors (Lipinski definition) is 2. The van der Waals surface area contributed by atoms with E-state index < -0.39 is 5.82 Å². The van der Waals surface area contributed by atoms with Crippen LogP contribution in [0.3, 0.4) is 0 Å². The summed E-state index contributed by atoms with van der Waals surface area (Å²) in [6.07, 6.45) is 0. The molecule has 0 radical (unpaired) electrons. The molecule has 2 aromatic rings. The van der Waals surface area contributed by atoms with Crippen molar-refractivity contribution >= 4 is 15.9 Å². The standard InChI is InChI=1S/C15H11BrFNO/c16-8-11-6-3-7-14(17)15(11)19-10-13-5-2-1-4-12(13)9-18/h1-7H,8,10H2. The minimum atomic E-state index is -0.397. The Morgan fingerprint density at radius 3 is 2.58 bits per heavy atom. The predicted molar refractivity (Wildman–Crippen MR) is 74.5 cm³/mol. The van der Waals surface area contributed by atoms with Crippen LogP contribution in [0.5, 0.6) is 5.75 Å². The van der Waals surface area contributed by atoms with Crippen LogP contribution >= 0.6 is 15.9 Å². The van der Waals surface area contributed by atoms with Crippen molar-refractivity contribution in [1.29, 1.82) is 5.26 Å². The maximum absolute atomic E-state index is 13.7. The number of benzene rings is 2. The fourth-order valence-corrected chi connectivity index (χ4v) is 2.17. The summed E-state index contributed by atoms with van der Waals surface area (Å²) in [6, 6.07) is 14.0. The maximum Gasteiger partial charge on any atom is 0.165 e. The highest BCUT2D eigenvalue weighted by atomic mass is 79.9. The predicted octanol–water partition coefficient (Wildman–Crippen LogP) is 4.17. The largest absolute Gasteiger partial charge is 0.485 e. The summed E-state index contributed by atoms with van der Waals surface area (Å²) < 4.78 is 19.2. The molecule has 0 atom stereocenters. The zero-order valence-corrected chi connectivity index (χ0v) is 11.7. The molecule has 0 aliphatic rings. The Balaban J connectivity index is 2.22. The summed E-state index contributed by atoms with van der Waals surface area (Å²) in [5, 5.41) is 9.50. The Hall–Kier alpha value is -1.86. The molecule has 2 aromatic carbocycles. The van der Waals surface area contributed by atoms with E-state index in [2.05, 4.69) is 22.0 Å². The molecule has 0 unspecified atom stereocenters. The van der Waals surface area contributed by atoms with Crippen LogP contribution in [0.15, 0.2) is 42.5 Å². The molecule has 96 valence electrons. The van der Waals surface area contributed by atoms with Gasteiger partial charge in [0.05, 0.1) is 11.6 Å². The van der Waals surface area contributed by atoms with Gasteiger partial charge in [-0.1, -0.05) is 46.3 Å². The minimum absolute atomic E-state index is 0.171. The van der Waals surface area contributed by atoms with Crippen molar-refractivity contribution in [2.75, 3.05) is 0 Å². The zero-order valence-electron chi connectivity index (χ0n) is 10.1. The lowest BCUT2D eigenvalue weighted by atomic mass is 10.1. The molecule has 4 heteroatoms. The molecule has 0 aliphatic heterocycles. The SMILES string of the molecule is N#Cc1ccccc1COc1c(F)cccc1CBr. The van der Waals surface area contributed by atoms with Gasteiger partial charge < -0.3 is 4.74 Å². The van der Waals surface area contributed by atoms with Gasteiger partial charge in [0.15, 0.2) is 11.6 Å². The summed E-state index contributed by atoms with van der Waals surface area (Å²) in [5.41, 5.74) is 2.03. The smallest absolute Gasteiger partial charge is 0.165 e. The molecule has 2 rings (SSSR count). The van der Waals surface area contributed by atoms with Gasteiger partial charge in [-0.3, -0.25) is 0 Å². The fraction of sp³-hybridized carbons (Fsp3) is 0.133. The van der Waals surface area contributed by atoms with Crippen molar-refractivity contribution in [3.63, 3.8) is 0 Å². The van der Waals surface area contributed by atoms with E-state index in [1.807, 2.05) is 6.07 Å². The van der Waals surface area contributed by atoms with Crippen LogP contribution in [0.1, 0.15) is 16.7 Å². The molecule has 0 bridgehead atoms. The molecular weight excluding hydrogens is 309 g/mol. The summed E-state index contributed by atoms with van der Waals surface area (Å²) in [5.74, 6) is -0.168. The topological polar surface area (TPSA) is 33.0 Å². The normalized spacial score (nSPS) is 9.95. The molecule has 0 saturated heterocycles. The molecule has 2 nitrogen and oxygen atoms in total. The number of hydrogen-bond donors (Lipinski definition) is 0. The highest BCUT2D eigenvalue weighted by Crippen LogP contribution is 2.26. The third-order valence-electron chi connectivity index (χ3n) is 2.70. The number of alkyl halides is 1. The Morgan fingerprint density at radius 2 is 1.84 bits per heavy atom. The van der Waals surface area contributed by atoms with Gasteiger partial charge in [-0.2, -0.15) is 5.26 Å². The molecule has 0 heterocycles. The molecule has 0 aliphatic carbocycles. The van der Waals surface area contributed by atoms with Gasteiger partial charge in [-0.05, 0) is 12.1 Å². The Kier molecular flexibility index (Phi) is 4.53. The van der Waals surface area contributed by atoms with Crippen LogP contribution in [0.2, 0.25) is 0 Å². The number of nitriles is 1. The van der Waals surface area contributed by atoms with Crippen molar-refractivity contribution in [2.24, 2.45) is 0 Å². The van der Waals surface area contributed by atoms with Gasteiger partial charge in [-0.15, -0.1) is 0 Å². The van der Waals surface area contributed by atoms with Crippen LogP contribution < -0.4 is 4.74 Å². The monoisotopic (exact) mass is 319 g/mol. The number of halogens is 2. The molecule has 0 N–H and O–H groups in total.